The molecule has 1 aromatic heterocycles. The van der Waals surface area contributed by atoms with Gasteiger partial charge >= 0.3 is 0 Å². The van der Waals surface area contributed by atoms with Crippen molar-refractivity contribution in [3.05, 3.63) is 46.2 Å². The van der Waals surface area contributed by atoms with Gasteiger partial charge in [-0.3, -0.25) is 9.59 Å². The van der Waals surface area contributed by atoms with Crippen LogP contribution in [0.2, 0.25) is 0 Å². The SMILES string of the molecule is Cc1ccccc1NC(=O)C(C)Sc1nc(N)cc(=O)[nH]1. The van der Waals surface area contributed by atoms with Crippen molar-refractivity contribution in [2.45, 2.75) is 24.3 Å². The molecule has 7 heteroatoms. The molecule has 0 bridgehead atoms. The third-order valence-electron chi connectivity index (χ3n) is 2.80. The third-order valence-corrected chi connectivity index (χ3v) is 3.78. The van der Waals surface area contributed by atoms with Crippen molar-refractivity contribution in [2.75, 3.05) is 11.1 Å². The summed E-state index contributed by atoms with van der Waals surface area (Å²) in [6, 6.07) is 8.72. The number of nitrogen functional groups attached to an aromatic ring is 1. The molecule has 0 aliphatic heterocycles. The molecule has 0 fully saturated rings. The highest BCUT2D eigenvalue weighted by molar-refractivity contribution is 8.00. The Morgan fingerprint density at radius 3 is 2.81 bits per heavy atom. The fourth-order valence-corrected chi connectivity index (χ4v) is 2.50. The number of hydrogen-bond donors (Lipinski definition) is 3. The van der Waals surface area contributed by atoms with Crippen LogP contribution in [0.1, 0.15) is 12.5 Å². The molecule has 0 saturated heterocycles. The summed E-state index contributed by atoms with van der Waals surface area (Å²) in [4.78, 5) is 30.0. The fraction of sp³-hybridized carbons (Fsp3) is 0.214. The summed E-state index contributed by atoms with van der Waals surface area (Å²) in [6.07, 6.45) is 0. The van der Waals surface area contributed by atoms with E-state index in [0.29, 0.717) is 5.16 Å². The topological polar surface area (TPSA) is 101 Å². The van der Waals surface area contributed by atoms with Gasteiger partial charge in [0.1, 0.15) is 5.82 Å². The Kier molecular flexibility index (Phi) is 4.64. The van der Waals surface area contributed by atoms with Gasteiger partial charge in [0.2, 0.25) is 5.91 Å². The summed E-state index contributed by atoms with van der Waals surface area (Å²) in [7, 11) is 0. The number of H-pyrrole nitrogens is 1. The largest absolute Gasteiger partial charge is 0.383 e. The van der Waals surface area contributed by atoms with Crippen molar-refractivity contribution < 1.29 is 4.79 Å². The van der Waals surface area contributed by atoms with Gasteiger partial charge in [-0.15, -0.1) is 0 Å². The van der Waals surface area contributed by atoms with Gasteiger partial charge in [-0.1, -0.05) is 30.0 Å². The zero-order valence-corrected chi connectivity index (χ0v) is 12.5. The van der Waals surface area contributed by atoms with E-state index >= 15 is 0 Å². The molecule has 1 aromatic carbocycles. The van der Waals surface area contributed by atoms with Gasteiger partial charge < -0.3 is 16.0 Å². The van der Waals surface area contributed by atoms with Crippen molar-refractivity contribution in [3.63, 3.8) is 0 Å². The lowest BCUT2D eigenvalue weighted by Gasteiger charge is -2.12. The second kappa shape index (κ2) is 6.45. The number of thioether (sulfide) groups is 1. The molecule has 0 aliphatic carbocycles. The molecular weight excluding hydrogens is 288 g/mol. The number of carbonyl (C=O) groups is 1. The maximum absolute atomic E-state index is 12.2. The maximum atomic E-state index is 12.2. The summed E-state index contributed by atoms with van der Waals surface area (Å²) in [5.41, 5.74) is 6.93. The summed E-state index contributed by atoms with van der Waals surface area (Å²) in [5, 5.41) is 2.75. The lowest BCUT2D eigenvalue weighted by molar-refractivity contribution is -0.115. The Balaban J connectivity index is 2.06. The van der Waals surface area contributed by atoms with Gasteiger partial charge in [-0.05, 0) is 25.5 Å². The van der Waals surface area contributed by atoms with E-state index in [4.69, 9.17) is 5.73 Å². The smallest absolute Gasteiger partial charge is 0.253 e. The number of anilines is 2. The molecule has 2 aromatic rings. The first-order valence-corrected chi connectivity index (χ1v) is 7.23. The van der Waals surface area contributed by atoms with E-state index in [9.17, 15) is 9.59 Å². The van der Waals surface area contributed by atoms with Crippen LogP contribution in [0.3, 0.4) is 0 Å². The second-order valence-corrected chi connectivity index (χ2v) is 5.87. The number of nitrogens with one attached hydrogen (secondary N) is 2. The molecule has 1 amide bonds. The number of nitrogens with zero attached hydrogens (tertiary/aromatic N) is 1. The number of rotatable bonds is 4. The number of nitrogens with two attached hydrogens (primary N) is 1. The number of aromatic nitrogens is 2. The molecule has 4 N–H and O–H groups in total. The van der Waals surface area contributed by atoms with Crippen LogP contribution in [0.25, 0.3) is 0 Å². The Hall–Kier alpha value is -2.28. The Morgan fingerprint density at radius 1 is 1.43 bits per heavy atom. The van der Waals surface area contributed by atoms with Crippen molar-refractivity contribution in [3.8, 4) is 0 Å². The fourth-order valence-electron chi connectivity index (χ4n) is 1.68. The van der Waals surface area contributed by atoms with Gasteiger partial charge in [-0.25, -0.2) is 4.98 Å². The minimum absolute atomic E-state index is 0.132. The van der Waals surface area contributed by atoms with Crippen LogP contribution in [0.4, 0.5) is 11.5 Å². The molecule has 0 spiro atoms. The number of aromatic amines is 1. The molecule has 6 nitrogen and oxygen atoms in total. The Labute approximate surface area is 126 Å². The monoisotopic (exact) mass is 304 g/mol. The van der Waals surface area contributed by atoms with Gasteiger partial charge in [0.05, 0.1) is 5.25 Å². The van der Waals surface area contributed by atoms with E-state index in [0.717, 1.165) is 23.0 Å². The van der Waals surface area contributed by atoms with E-state index in [1.165, 1.54) is 6.07 Å². The van der Waals surface area contributed by atoms with Gasteiger partial charge in [0.25, 0.3) is 5.56 Å². The van der Waals surface area contributed by atoms with Gasteiger partial charge in [-0.2, -0.15) is 0 Å². The predicted molar refractivity (Wildman–Crippen MR) is 84.4 cm³/mol. The first kappa shape index (κ1) is 15.1. The minimum Gasteiger partial charge on any atom is -0.383 e. The van der Waals surface area contributed by atoms with Crippen LogP contribution in [-0.2, 0) is 4.79 Å². The van der Waals surface area contributed by atoms with E-state index in [2.05, 4.69) is 15.3 Å². The number of para-hydroxylation sites is 1. The van der Waals surface area contributed by atoms with Crippen molar-refractivity contribution >= 4 is 29.2 Å². The molecule has 0 aliphatic rings. The molecule has 21 heavy (non-hydrogen) atoms. The first-order chi connectivity index (χ1) is 9.95. The number of carbonyl (C=O) groups excluding carboxylic acids is 1. The van der Waals surface area contributed by atoms with Crippen LogP contribution >= 0.6 is 11.8 Å². The highest BCUT2D eigenvalue weighted by atomic mass is 32.2. The molecule has 1 unspecified atom stereocenters. The summed E-state index contributed by atoms with van der Waals surface area (Å²) in [6.45, 7) is 3.66. The standard InChI is InChI=1S/C14H16N4O2S/c1-8-5-3-4-6-10(8)16-13(20)9(2)21-14-17-11(15)7-12(19)18-14/h3-7,9H,1-2H3,(H,16,20)(H3,15,17,18,19). The molecule has 0 saturated carbocycles. The summed E-state index contributed by atoms with van der Waals surface area (Å²) in [5.74, 6) is -0.0351. The third kappa shape index (κ3) is 4.09. The quantitative estimate of drug-likeness (QED) is 0.590. The van der Waals surface area contributed by atoms with E-state index in [1.807, 2.05) is 31.2 Å². The van der Waals surface area contributed by atoms with Crippen LogP contribution in [0, 0.1) is 6.92 Å². The van der Waals surface area contributed by atoms with Gasteiger partial charge in [0.15, 0.2) is 5.16 Å². The molecule has 110 valence electrons. The van der Waals surface area contributed by atoms with Gasteiger partial charge in [0, 0.05) is 11.8 Å². The van der Waals surface area contributed by atoms with Crippen molar-refractivity contribution in [1.82, 2.24) is 9.97 Å². The van der Waals surface area contributed by atoms with Crippen LogP contribution in [-0.4, -0.2) is 21.1 Å². The molecule has 1 heterocycles. The van der Waals surface area contributed by atoms with Crippen LogP contribution in [0.15, 0.2) is 40.3 Å². The van der Waals surface area contributed by atoms with E-state index < -0.39 is 5.25 Å². The highest BCUT2D eigenvalue weighted by Crippen LogP contribution is 2.21. The number of aryl methyl sites for hydroxylation is 1. The lowest BCUT2D eigenvalue weighted by Crippen LogP contribution is -2.23. The zero-order valence-electron chi connectivity index (χ0n) is 11.7. The van der Waals surface area contributed by atoms with Crippen molar-refractivity contribution in [2.24, 2.45) is 0 Å². The van der Waals surface area contributed by atoms with Crippen LogP contribution < -0.4 is 16.6 Å². The molecule has 2 rings (SSSR count). The number of hydrogen-bond acceptors (Lipinski definition) is 5. The molecular formula is C14H16N4O2S. The maximum Gasteiger partial charge on any atom is 0.253 e. The van der Waals surface area contributed by atoms with Crippen LogP contribution in [0.5, 0.6) is 0 Å². The first-order valence-electron chi connectivity index (χ1n) is 6.35. The van der Waals surface area contributed by atoms with E-state index in [1.54, 1.807) is 6.92 Å². The number of benzene rings is 1. The molecule has 0 radical (unpaired) electrons. The average molecular weight is 304 g/mol. The highest BCUT2D eigenvalue weighted by Gasteiger charge is 2.16. The van der Waals surface area contributed by atoms with Crippen molar-refractivity contribution in [1.29, 1.82) is 0 Å². The van der Waals surface area contributed by atoms with E-state index in [-0.39, 0.29) is 17.3 Å². The second-order valence-electron chi connectivity index (χ2n) is 4.54. The summed E-state index contributed by atoms with van der Waals surface area (Å²) >= 11 is 1.15. The zero-order chi connectivity index (χ0) is 15.4. The normalized spacial score (nSPS) is 11.9. The summed E-state index contributed by atoms with van der Waals surface area (Å²) < 4.78 is 0. The molecule has 1 atom stereocenters. The Morgan fingerprint density at radius 2 is 2.14 bits per heavy atom. The number of amides is 1. The predicted octanol–water partition coefficient (Wildman–Crippen LogP) is 1.78. The average Bonchev–Trinajstić information content (AvgIpc) is 2.40. The lowest BCUT2D eigenvalue weighted by atomic mass is 10.2. The Bertz CT molecular complexity index is 714. The minimum atomic E-state index is -0.422.